The molecule has 1 heterocycles. The highest BCUT2D eigenvalue weighted by molar-refractivity contribution is 7.90. The quantitative estimate of drug-likeness (QED) is 0.879. The zero-order valence-electron chi connectivity index (χ0n) is 10.8. The van der Waals surface area contributed by atoms with E-state index in [1.807, 2.05) is 0 Å². The smallest absolute Gasteiger partial charge is 0.308 e. The van der Waals surface area contributed by atoms with Crippen LogP contribution in [0, 0.1) is 5.92 Å². The van der Waals surface area contributed by atoms with Gasteiger partial charge in [0.15, 0.2) is 0 Å². The predicted octanol–water partition coefficient (Wildman–Crippen LogP) is 0.556. The van der Waals surface area contributed by atoms with Gasteiger partial charge < -0.3 is 5.11 Å². The monoisotopic (exact) mass is 284 g/mol. The first kappa shape index (κ1) is 13.8. The SMILES string of the molecule is CN(C)S(=O)(=O)N1CC(C(=O)O)Cc2ccccc21. The highest BCUT2D eigenvalue weighted by atomic mass is 32.2. The number of para-hydroxylation sites is 1. The van der Waals surface area contributed by atoms with Gasteiger partial charge in [0, 0.05) is 20.6 Å². The fraction of sp³-hybridized carbons (Fsp3) is 0.417. The second-order valence-corrected chi connectivity index (χ2v) is 6.76. The molecule has 0 amide bonds. The molecule has 1 unspecified atom stereocenters. The summed E-state index contributed by atoms with van der Waals surface area (Å²) in [5.41, 5.74) is 1.31. The Morgan fingerprint density at radius 2 is 2.00 bits per heavy atom. The van der Waals surface area contributed by atoms with Crippen LogP contribution in [0.5, 0.6) is 0 Å². The molecule has 7 heteroatoms. The van der Waals surface area contributed by atoms with Crippen molar-refractivity contribution >= 4 is 21.9 Å². The third-order valence-corrected chi connectivity index (χ3v) is 5.03. The molecule has 1 N–H and O–H groups in total. The molecule has 0 saturated heterocycles. The second kappa shape index (κ2) is 4.82. The van der Waals surface area contributed by atoms with Crippen LogP contribution in [0.25, 0.3) is 0 Å². The zero-order chi connectivity index (χ0) is 14.2. The van der Waals surface area contributed by atoms with Crippen molar-refractivity contribution in [3.05, 3.63) is 29.8 Å². The Balaban J connectivity index is 2.51. The van der Waals surface area contributed by atoms with Gasteiger partial charge in [-0.15, -0.1) is 0 Å². The van der Waals surface area contributed by atoms with Gasteiger partial charge in [-0.05, 0) is 18.1 Å². The number of carboxylic acid groups (broad SMARTS) is 1. The fourth-order valence-electron chi connectivity index (χ4n) is 2.14. The third kappa shape index (κ3) is 2.43. The van der Waals surface area contributed by atoms with Crippen molar-refractivity contribution in [3.63, 3.8) is 0 Å². The molecule has 2 rings (SSSR count). The fourth-order valence-corrected chi connectivity index (χ4v) is 3.33. The molecular weight excluding hydrogens is 268 g/mol. The van der Waals surface area contributed by atoms with Crippen LogP contribution < -0.4 is 4.31 Å². The van der Waals surface area contributed by atoms with Crippen LogP contribution in [0.3, 0.4) is 0 Å². The first-order chi connectivity index (χ1) is 8.84. The van der Waals surface area contributed by atoms with Gasteiger partial charge in [-0.25, -0.2) is 0 Å². The summed E-state index contributed by atoms with van der Waals surface area (Å²) in [5, 5.41) is 9.15. The number of benzene rings is 1. The molecule has 0 aliphatic carbocycles. The lowest BCUT2D eigenvalue weighted by Crippen LogP contribution is -2.47. The Kier molecular flexibility index (Phi) is 3.51. The van der Waals surface area contributed by atoms with Crippen molar-refractivity contribution in [2.24, 2.45) is 5.92 Å². The highest BCUT2D eigenvalue weighted by Crippen LogP contribution is 2.32. The van der Waals surface area contributed by atoms with Gasteiger partial charge in [-0.1, -0.05) is 18.2 Å². The number of aliphatic carboxylic acids is 1. The highest BCUT2D eigenvalue weighted by Gasteiger charge is 2.35. The van der Waals surface area contributed by atoms with E-state index in [0.717, 1.165) is 9.87 Å². The average molecular weight is 284 g/mol. The van der Waals surface area contributed by atoms with Gasteiger partial charge >= 0.3 is 16.2 Å². The number of rotatable bonds is 3. The molecule has 19 heavy (non-hydrogen) atoms. The van der Waals surface area contributed by atoms with Crippen molar-refractivity contribution in [1.82, 2.24) is 4.31 Å². The largest absolute Gasteiger partial charge is 0.481 e. The summed E-state index contributed by atoms with van der Waals surface area (Å²) in [6.07, 6.45) is 0.352. The van der Waals surface area contributed by atoms with Gasteiger partial charge in [0.05, 0.1) is 11.6 Å². The minimum atomic E-state index is -3.68. The Labute approximate surface area is 112 Å². The molecule has 1 aliphatic rings. The Morgan fingerprint density at radius 3 is 2.58 bits per heavy atom. The van der Waals surface area contributed by atoms with E-state index in [1.54, 1.807) is 24.3 Å². The number of carbonyl (C=O) groups is 1. The molecule has 0 saturated carbocycles. The van der Waals surface area contributed by atoms with E-state index in [4.69, 9.17) is 5.11 Å². The number of carboxylic acids is 1. The molecule has 1 aromatic rings. The maximum Gasteiger partial charge on any atom is 0.308 e. The molecule has 0 radical (unpaired) electrons. The molecule has 0 aromatic heterocycles. The van der Waals surface area contributed by atoms with Crippen LogP contribution in [0.2, 0.25) is 0 Å². The first-order valence-corrected chi connectivity index (χ1v) is 7.24. The average Bonchev–Trinajstić information content (AvgIpc) is 2.37. The lowest BCUT2D eigenvalue weighted by molar-refractivity contribution is -0.141. The summed E-state index contributed by atoms with van der Waals surface area (Å²) in [4.78, 5) is 11.2. The normalized spacial score (nSPS) is 19.3. The molecule has 1 atom stereocenters. The van der Waals surface area contributed by atoms with Gasteiger partial charge in [-0.3, -0.25) is 9.10 Å². The Morgan fingerprint density at radius 1 is 1.37 bits per heavy atom. The van der Waals surface area contributed by atoms with Crippen molar-refractivity contribution in [2.45, 2.75) is 6.42 Å². The standard InChI is InChI=1S/C12H16N2O4S/c1-13(2)19(17,18)14-8-10(12(15)16)7-9-5-3-4-6-11(9)14/h3-6,10H,7-8H2,1-2H3,(H,15,16). The van der Waals surface area contributed by atoms with Crippen LogP contribution in [0.4, 0.5) is 5.69 Å². The van der Waals surface area contributed by atoms with Crippen molar-refractivity contribution in [2.75, 3.05) is 24.9 Å². The van der Waals surface area contributed by atoms with Crippen LogP contribution in [-0.4, -0.2) is 44.4 Å². The molecule has 1 aromatic carbocycles. The Bertz CT molecular complexity index is 598. The third-order valence-electron chi connectivity index (χ3n) is 3.20. The zero-order valence-corrected chi connectivity index (χ0v) is 11.6. The number of hydrogen-bond donors (Lipinski definition) is 1. The van der Waals surface area contributed by atoms with Gasteiger partial charge in [0.25, 0.3) is 0 Å². The molecule has 0 spiro atoms. The lowest BCUT2D eigenvalue weighted by Gasteiger charge is -2.35. The van der Waals surface area contributed by atoms with E-state index in [2.05, 4.69) is 0 Å². The van der Waals surface area contributed by atoms with Gasteiger partial charge in [0.1, 0.15) is 0 Å². The number of hydrogen-bond acceptors (Lipinski definition) is 3. The number of nitrogens with zero attached hydrogens (tertiary/aromatic N) is 2. The van der Waals surface area contributed by atoms with E-state index in [0.29, 0.717) is 12.1 Å². The molecule has 0 fully saturated rings. The lowest BCUT2D eigenvalue weighted by atomic mass is 9.94. The molecule has 6 nitrogen and oxygen atoms in total. The maximum atomic E-state index is 12.3. The van der Waals surface area contributed by atoms with E-state index in [9.17, 15) is 13.2 Å². The number of anilines is 1. The van der Waals surface area contributed by atoms with Crippen LogP contribution in [0.15, 0.2) is 24.3 Å². The molecular formula is C12H16N2O4S. The Hall–Kier alpha value is -1.60. The topological polar surface area (TPSA) is 77.9 Å². The van der Waals surface area contributed by atoms with E-state index in [-0.39, 0.29) is 6.54 Å². The number of fused-ring (bicyclic) bond motifs is 1. The first-order valence-electron chi connectivity index (χ1n) is 5.85. The van der Waals surface area contributed by atoms with E-state index >= 15 is 0 Å². The summed E-state index contributed by atoms with van der Waals surface area (Å²) in [6.45, 7) is -0.0349. The molecule has 1 aliphatic heterocycles. The minimum Gasteiger partial charge on any atom is -0.481 e. The van der Waals surface area contributed by atoms with Crippen molar-refractivity contribution < 1.29 is 18.3 Å². The van der Waals surface area contributed by atoms with Crippen LogP contribution in [0.1, 0.15) is 5.56 Å². The maximum absolute atomic E-state index is 12.3. The van der Waals surface area contributed by atoms with Crippen molar-refractivity contribution in [1.29, 1.82) is 0 Å². The van der Waals surface area contributed by atoms with Crippen LogP contribution in [-0.2, 0) is 21.4 Å². The summed E-state index contributed by atoms with van der Waals surface area (Å²) in [7, 11) is -0.811. The van der Waals surface area contributed by atoms with E-state index < -0.39 is 22.1 Å². The molecule has 104 valence electrons. The second-order valence-electron chi connectivity index (χ2n) is 4.69. The predicted molar refractivity (Wildman–Crippen MR) is 71.2 cm³/mol. The summed E-state index contributed by atoms with van der Waals surface area (Å²) in [5.74, 6) is -1.70. The summed E-state index contributed by atoms with van der Waals surface area (Å²) >= 11 is 0. The van der Waals surface area contributed by atoms with E-state index in [1.165, 1.54) is 18.4 Å². The van der Waals surface area contributed by atoms with Gasteiger partial charge in [0.2, 0.25) is 0 Å². The minimum absolute atomic E-state index is 0.0349. The molecule has 0 bridgehead atoms. The summed E-state index contributed by atoms with van der Waals surface area (Å²) in [6, 6.07) is 7.00. The summed E-state index contributed by atoms with van der Waals surface area (Å²) < 4.78 is 26.8. The van der Waals surface area contributed by atoms with Crippen LogP contribution >= 0.6 is 0 Å². The van der Waals surface area contributed by atoms with Crippen molar-refractivity contribution in [3.8, 4) is 0 Å². The van der Waals surface area contributed by atoms with Gasteiger partial charge in [-0.2, -0.15) is 12.7 Å².